The lowest BCUT2D eigenvalue weighted by Crippen LogP contribution is -2.38. The summed E-state index contributed by atoms with van der Waals surface area (Å²) in [6.07, 6.45) is -0.638. The van der Waals surface area contributed by atoms with E-state index in [1.54, 1.807) is 0 Å². The predicted octanol–water partition coefficient (Wildman–Crippen LogP) is 1.35. The fraction of sp³-hybridized carbons (Fsp3) is 0.200. The van der Waals surface area contributed by atoms with Crippen LogP contribution in [-0.4, -0.2) is 18.3 Å². The van der Waals surface area contributed by atoms with Crippen LogP contribution in [0, 0.1) is 0 Å². The standard InChI is InChI=1S/C10H12N2O3S/c1-14-10(13)11-9(16)12-15-7-8-5-3-2-4-6-8/h2-6H,7H2,1H3,(H2,11,12,13,16). The topological polar surface area (TPSA) is 59.6 Å². The summed E-state index contributed by atoms with van der Waals surface area (Å²) in [5.41, 5.74) is 3.41. The van der Waals surface area contributed by atoms with Gasteiger partial charge in [0.25, 0.3) is 0 Å². The van der Waals surface area contributed by atoms with Crippen LogP contribution in [0.2, 0.25) is 0 Å². The normalized spacial score (nSPS) is 9.31. The van der Waals surface area contributed by atoms with E-state index in [2.05, 4.69) is 15.5 Å². The van der Waals surface area contributed by atoms with Crippen LogP contribution in [0.3, 0.4) is 0 Å². The third kappa shape index (κ3) is 4.72. The highest BCUT2D eigenvalue weighted by molar-refractivity contribution is 7.80. The predicted molar refractivity (Wildman–Crippen MR) is 62.5 cm³/mol. The van der Waals surface area contributed by atoms with E-state index in [4.69, 9.17) is 17.1 Å². The van der Waals surface area contributed by atoms with Crippen LogP contribution in [0.1, 0.15) is 5.56 Å². The van der Waals surface area contributed by atoms with Gasteiger partial charge in [-0.1, -0.05) is 30.3 Å². The van der Waals surface area contributed by atoms with Gasteiger partial charge in [-0.15, -0.1) is 0 Å². The zero-order valence-electron chi connectivity index (χ0n) is 8.73. The van der Waals surface area contributed by atoms with E-state index in [0.717, 1.165) is 5.56 Å². The van der Waals surface area contributed by atoms with E-state index in [-0.39, 0.29) is 5.11 Å². The summed E-state index contributed by atoms with van der Waals surface area (Å²) in [5, 5.41) is 2.31. The van der Waals surface area contributed by atoms with Gasteiger partial charge < -0.3 is 4.74 Å². The molecule has 2 N–H and O–H groups in total. The fourth-order valence-electron chi connectivity index (χ4n) is 0.928. The van der Waals surface area contributed by atoms with Gasteiger partial charge in [0.05, 0.1) is 13.7 Å². The average Bonchev–Trinajstić information content (AvgIpc) is 2.30. The van der Waals surface area contributed by atoms with Crippen molar-refractivity contribution in [1.82, 2.24) is 10.8 Å². The van der Waals surface area contributed by atoms with Crippen LogP contribution >= 0.6 is 12.2 Å². The molecule has 1 aromatic rings. The molecule has 0 radical (unpaired) electrons. The number of nitrogens with one attached hydrogen (secondary N) is 2. The molecule has 0 bridgehead atoms. The Kier molecular flexibility index (Phi) is 5.24. The summed E-state index contributed by atoms with van der Waals surface area (Å²) >= 11 is 4.76. The number of methoxy groups -OCH3 is 1. The van der Waals surface area contributed by atoms with E-state index in [1.165, 1.54) is 7.11 Å². The first-order chi connectivity index (χ1) is 7.72. The van der Waals surface area contributed by atoms with Crippen molar-refractivity contribution >= 4 is 23.4 Å². The maximum Gasteiger partial charge on any atom is 0.413 e. The lowest BCUT2D eigenvalue weighted by Gasteiger charge is -2.08. The molecule has 0 saturated carbocycles. The molecular formula is C10H12N2O3S. The van der Waals surface area contributed by atoms with Crippen molar-refractivity contribution in [2.75, 3.05) is 7.11 Å². The van der Waals surface area contributed by atoms with E-state index in [0.29, 0.717) is 6.61 Å². The van der Waals surface area contributed by atoms with Crippen LogP contribution in [-0.2, 0) is 16.2 Å². The maximum absolute atomic E-state index is 10.7. The van der Waals surface area contributed by atoms with Crippen LogP contribution in [0.5, 0.6) is 0 Å². The van der Waals surface area contributed by atoms with Crippen molar-refractivity contribution in [1.29, 1.82) is 0 Å². The molecule has 0 unspecified atom stereocenters. The molecule has 1 aromatic carbocycles. The summed E-state index contributed by atoms with van der Waals surface area (Å²) in [4.78, 5) is 15.8. The minimum absolute atomic E-state index is 0.0581. The zero-order valence-corrected chi connectivity index (χ0v) is 9.54. The molecule has 0 aliphatic rings. The second-order valence-electron chi connectivity index (χ2n) is 2.82. The second-order valence-corrected chi connectivity index (χ2v) is 3.23. The van der Waals surface area contributed by atoms with Crippen molar-refractivity contribution in [2.45, 2.75) is 6.61 Å². The first-order valence-corrected chi connectivity index (χ1v) is 4.94. The van der Waals surface area contributed by atoms with Gasteiger partial charge in [0.15, 0.2) is 5.11 Å². The van der Waals surface area contributed by atoms with E-state index < -0.39 is 6.09 Å². The quantitative estimate of drug-likeness (QED) is 0.617. The largest absolute Gasteiger partial charge is 0.453 e. The highest BCUT2D eigenvalue weighted by Gasteiger charge is 2.02. The van der Waals surface area contributed by atoms with E-state index >= 15 is 0 Å². The van der Waals surface area contributed by atoms with Gasteiger partial charge in [-0.3, -0.25) is 10.2 Å². The molecule has 0 saturated heterocycles. The van der Waals surface area contributed by atoms with Gasteiger partial charge in [-0.25, -0.2) is 10.3 Å². The molecule has 1 amide bonds. The number of alkyl carbamates (subject to hydrolysis) is 1. The monoisotopic (exact) mass is 240 g/mol. The molecule has 0 spiro atoms. The second kappa shape index (κ2) is 6.76. The number of carbonyl (C=O) groups is 1. The van der Waals surface area contributed by atoms with Gasteiger partial charge in [0, 0.05) is 0 Å². The van der Waals surface area contributed by atoms with Gasteiger partial charge in [-0.05, 0) is 17.8 Å². The molecule has 5 nitrogen and oxygen atoms in total. The number of amides is 1. The number of rotatable bonds is 3. The summed E-state index contributed by atoms with van der Waals surface area (Å²) in [5.74, 6) is 0. The van der Waals surface area contributed by atoms with Crippen LogP contribution in [0.4, 0.5) is 4.79 Å². The first kappa shape index (κ1) is 12.4. The third-order valence-electron chi connectivity index (χ3n) is 1.65. The van der Waals surface area contributed by atoms with Crippen LogP contribution < -0.4 is 10.8 Å². The SMILES string of the molecule is COC(=O)NC(=S)NOCc1ccccc1. The fourth-order valence-corrected chi connectivity index (χ4v) is 1.07. The Morgan fingerprint density at radius 2 is 2.06 bits per heavy atom. The lowest BCUT2D eigenvalue weighted by molar-refractivity contribution is 0.0702. The Morgan fingerprint density at radius 3 is 2.69 bits per heavy atom. The minimum atomic E-state index is -0.638. The highest BCUT2D eigenvalue weighted by Crippen LogP contribution is 1.98. The summed E-state index contributed by atoms with van der Waals surface area (Å²) in [6.45, 7) is 0.351. The number of ether oxygens (including phenoxy) is 1. The van der Waals surface area contributed by atoms with Gasteiger partial charge in [0.1, 0.15) is 0 Å². The van der Waals surface area contributed by atoms with Crippen molar-refractivity contribution in [3.8, 4) is 0 Å². The van der Waals surface area contributed by atoms with Crippen LogP contribution in [0.15, 0.2) is 30.3 Å². The Bertz CT molecular complexity index is 356. The minimum Gasteiger partial charge on any atom is -0.453 e. The number of hydrogen-bond acceptors (Lipinski definition) is 4. The summed E-state index contributed by atoms with van der Waals surface area (Å²) in [7, 11) is 1.25. The molecular weight excluding hydrogens is 228 g/mol. The molecule has 0 aliphatic heterocycles. The van der Waals surface area contributed by atoms with Crippen LogP contribution in [0.25, 0.3) is 0 Å². The van der Waals surface area contributed by atoms with E-state index in [1.807, 2.05) is 30.3 Å². The number of benzene rings is 1. The number of carbonyl (C=O) groups excluding carboxylic acids is 1. The van der Waals surface area contributed by atoms with Gasteiger partial charge in [0.2, 0.25) is 0 Å². The Morgan fingerprint density at radius 1 is 1.38 bits per heavy atom. The van der Waals surface area contributed by atoms with Gasteiger partial charge in [-0.2, -0.15) is 0 Å². The Labute approximate surface area is 98.7 Å². The lowest BCUT2D eigenvalue weighted by atomic mass is 10.2. The molecule has 0 aliphatic carbocycles. The highest BCUT2D eigenvalue weighted by atomic mass is 32.1. The van der Waals surface area contributed by atoms with Crippen molar-refractivity contribution in [3.05, 3.63) is 35.9 Å². The molecule has 0 heterocycles. The molecule has 0 aromatic heterocycles. The zero-order chi connectivity index (χ0) is 11.8. The molecule has 6 heteroatoms. The first-order valence-electron chi connectivity index (χ1n) is 4.53. The molecule has 16 heavy (non-hydrogen) atoms. The van der Waals surface area contributed by atoms with E-state index in [9.17, 15) is 4.79 Å². The molecule has 0 fully saturated rings. The molecule has 1 rings (SSSR count). The van der Waals surface area contributed by atoms with Crippen molar-refractivity contribution in [2.24, 2.45) is 0 Å². The Balaban J connectivity index is 2.21. The average molecular weight is 240 g/mol. The van der Waals surface area contributed by atoms with Crippen molar-refractivity contribution < 1.29 is 14.4 Å². The number of hydroxylamine groups is 1. The third-order valence-corrected chi connectivity index (χ3v) is 1.83. The molecule has 0 atom stereocenters. The summed E-state index contributed by atoms with van der Waals surface area (Å²) < 4.78 is 4.35. The number of hydrogen-bond donors (Lipinski definition) is 2. The number of thiocarbonyl (C=S) groups is 1. The summed E-state index contributed by atoms with van der Waals surface area (Å²) in [6, 6.07) is 9.56. The van der Waals surface area contributed by atoms with Crippen molar-refractivity contribution in [3.63, 3.8) is 0 Å². The molecule has 86 valence electrons. The maximum atomic E-state index is 10.7. The Hall–Kier alpha value is -1.66. The van der Waals surface area contributed by atoms with Gasteiger partial charge >= 0.3 is 6.09 Å². The smallest absolute Gasteiger partial charge is 0.413 e.